The van der Waals surface area contributed by atoms with E-state index < -0.39 is 11.9 Å². The van der Waals surface area contributed by atoms with Gasteiger partial charge in [-0.25, -0.2) is 9.59 Å². The molecule has 1 aromatic rings. The van der Waals surface area contributed by atoms with Gasteiger partial charge < -0.3 is 15.1 Å². The largest absolute Gasteiger partial charge is 0.473 e. The third-order valence-electron chi connectivity index (χ3n) is 2.96. The van der Waals surface area contributed by atoms with Crippen molar-refractivity contribution in [3.63, 3.8) is 0 Å². The number of carbonyl (C=O) groups is 2. The number of carboxylic acid groups (broad SMARTS) is 2. The standard InChI is InChI=1S/C14H23N.C2H2O4/c1-4-6-11-15(3)12-14-9-7-13(5-2)8-10-14;3-1(4)2(5)6/h7-10H,4-6,11-12H2,1-3H3;(H,3,4)(H,5,6). The van der Waals surface area contributed by atoms with E-state index in [9.17, 15) is 0 Å². The Balaban J connectivity index is 0.000000567. The first-order valence-electron chi connectivity index (χ1n) is 7.13. The third-order valence-corrected chi connectivity index (χ3v) is 2.96. The van der Waals surface area contributed by atoms with Crippen LogP contribution < -0.4 is 0 Å². The maximum absolute atomic E-state index is 9.10. The van der Waals surface area contributed by atoms with Crippen molar-refractivity contribution in [2.24, 2.45) is 0 Å². The van der Waals surface area contributed by atoms with Gasteiger partial charge in [0.25, 0.3) is 0 Å². The van der Waals surface area contributed by atoms with Crippen molar-refractivity contribution in [2.45, 2.75) is 39.7 Å². The van der Waals surface area contributed by atoms with Gasteiger partial charge in [-0.2, -0.15) is 0 Å². The number of rotatable bonds is 6. The monoisotopic (exact) mass is 295 g/mol. The molecular formula is C16H25NO4. The summed E-state index contributed by atoms with van der Waals surface area (Å²) in [6.45, 7) is 6.71. The van der Waals surface area contributed by atoms with Crippen molar-refractivity contribution in [2.75, 3.05) is 13.6 Å². The van der Waals surface area contributed by atoms with E-state index in [1.807, 2.05) is 0 Å². The van der Waals surface area contributed by atoms with Crippen LogP contribution in [0.4, 0.5) is 0 Å². The molecule has 0 spiro atoms. The molecule has 0 heterocycles. The Hall–Kier alpha value is -1.88. The molecule has 0 amide bonds. The lowest BCUT2D eigenvalue weighted by atomic mass is 10.1. The molecule has 0 radical (unpaired) electrons. The highest BCUT2D eigenvalue weighted by Crippen LogP contribution is 2.07. The van der Waals surface area contributed by atoms with Crippen LogP contribution in [-0.2, 0) is 22.6 Å². The van der Waals surface area contributed by atoms with Gasteiger partial charge in [-0.1, -0.05) is 44.5 Å². The summed E-state index contributed by atoms with van der Waals surface area (Å²) in [6.07, 6.45) is 3.70. The lowest BCUT2D eigenvalue weighted by Gasteiger charge is -2.16. The van der Waals surface area contributed by atoms with E-state index in [2.05, 4.69) is 50.1 Å². The summed E-state index contributed by atoms with van der Waals surface area (Å²) in [4.78, 5) is 20.6. The molecule has 0 atom stereocenters. The normalized spacial score (nSPS) is 9.90. The molecule has 1 aromatic carbocycles. The SMILES string of the molecule is CCCCN(C)Cc1ccc(CC)cc1.O=C(O)C(=O)O. The number of aryl methyl sites for hydroxylation is 1. The first kappa shape index (κ1) is 19.1. The van der Waals surface area contributed by atoms with Crippen LogP contribution in [0.15, 0.2) is 24.3 Å². The van der Waals surface area contributed by atoms with Crippen molar-refractivity contribution >= 4 is 11.9 Å². The summed E-state index contributed by atoms with van der Waals surface area (Å²) in [5.74, 6) is -3.65. The highest BCUT2D eigenvalue weighted by Gasteiger charge is 2.04. The molecule has 0 saturated carbocycles. The second kappa shape index (κ2) is 10.9. The molecule has 0 aliphatic rings. The molecule has 21 heavy (non-hydrogen) atoms. The van der Waals surface area contributed by atoms with Gasteiger partial charge in [0.1, 0.15) is 0 Å². The van der Waals surface area contributed by atoms with Crippen molar-refractivity contribution < 1.29 is 19.8 Å². The Labute approximate surface area is 126 Å². The summed E-state index contributed by atoms with van der Waals surface area (Å²) >= 11 is 0. The zero-order valence-electron chi connectivity index (χ0n) is 13.0. The van der Waals surface area contributed by atoms with E-state index in [0.717, 1.165) is 13.0 Å². The summed E-state index contributed by atoms with van der Waals surface area (Å²) in [7, 11) is 2.20. The second-order valence-corrected chi connectivity index (χ2v) is 4.87. The number of hydrogen-bond donors (Lipinski definition) is 2. The van der Waals surface area contributed by atoms with Crippen LogP contribution in [0.1, 0.15) is 37.8 Å². The van der Waals surface area contributed by atoms with Gasteiger partial charge in [0.15, 0.2) is 0 Å². The lowest BCUT2D eigenvalue weighted by Crippen LogP contribution is -2.18. The Morgan fingerprint density at radius 3 is 1.86 bits per heavy atom. The van der Waals surface area contributed by atoms with E-state index in [1.54, 1.807) is 0 Å². The molecule has 5 heteroatoms. The Morgan fingerprint density at radius 1 is 1.00 bits per heavy atom. The van der Waals surface area contributed by atoms with E-state index >= 15 is 0 Å². The fraction of sp³-hybridized carbons (Fsp3) is 0.500. The summed E-state index contributed by atoms with van der Waals surface area (Å²) < 4.78 is 0. The van der Waals surface area contributed by atoms with E-state index in [0.29, 0.717) is 0 Å². The Kier molecular flexibility index (Phi) is 9.88. The van der Waals surface area contributed by atoms with E-state index in [4.69, 9.17) is 19.8 Å². The van der Waals surface area contributed by atoms with Gasteiger partial charge in [0.05, 0.1) is 0 Å². The van der Waals surface area contributed by atoms with Crippen LogP contribution in [0, 0.1) is 0 Å². The molecule has 5 nitrogen and oxygen atoms in total. The number of carboxylic acids is 2. The topological polar surface area (TPSA) is 77.8 Å². The smallest absolute Gasteiger partial charge is 0.414 e. The molecule has 0 aliphatic carbocycles. The van der Waals surface area contributed by atoms with Crippen LogP contribution in [0.3, 0.4) is 0 Å². The molecular weight excluding hydrogens is 270 g/mol. The molecule has 0 saturated heterocycles. The summed E-state index contributed by atoms with van der Waals surface area (Å²) in [5.41, 5.74) is 2.85. The minimum atomic E-state index is -1.82. The number of nitrogens with zero attached hydrogens (tertiary/aromatic N) is 1. The predicted octanol–water partition coefficient (Wildman–Crippen LogP) is 2.64. The maximum Gasteiger partial charge on any atom is 0.414 e. The molecule has 2 N–H and O–H groups in total. The van der Waals surface area contributed by atoms with Crippen LogP contribution in [-0.4, -0.2) is 40.6 Å². The second-order valence-electron chi connectivity index (χ2n) is 4.87. The number of benzene rings is 1. The predicted molar refractivity (Wildman–Crippen MR) is 82.3 cm³/mol. The molecule has 0 aromatic heterocycles. The van der Waals surface area contributed by atoms with Crippen molar-refractivity contribution in [1.82, 2.24) is 4.90 Å². The lowest BCUT2D eigenvalue weighted by molar-refractivity contribution is -0.159. The molecule has 118 valence electrons. The summed E-state index contributed by atoms with van der Waals surface area (Å²) in [6, 6.07) is 8.98. The highest BCUT2D eigenvalue weighted by atomic mass is 16.4. The van der Waals surface area contributed by atoms with Crippen LogP contribution in [0.25, 0.3) is 0 Å². The first-order valence-corrected chi connectivity index (χ1v) is 7.13. The van der Waals surface area contributed by atoms with E-state index in [-0.39, 0.29) is 0 Å². The van der Waals surface area contributed by atoms with Crippen molar-refractivity contribution in [1.29, 1.82) is 0 Å². The van der Waals surface area contributed by atoms with Gasteiger partial charge in [-0.3, -0.25) is 0 Å². The number of hydrogen-bond acceptors (Lipinski definition) is 3. The Bertz CT molecular complexity index is 416. The van der Waals surface area contributed by atoms with Gasteiger partial charge >= 0.3 is 11.9 Å². The number of unbranched alkanes of at least 4 members (excludes halogenated alkanes) is 1. The first-order chi connectivity index (χ1) is 9.90. The molecule has 0 fully saturated rings. The molecule has 0 bridgehead atoms. The zero-order chi connectivity index (χ0) is 16.3. The van der Waals surface area contributed by atoms with Crippen molar-refractivity contribution in [3.8, 4) is 0 Å². The van der Waals surface area contributed by atoms with Gasteiger partial charge in [-0.15, -0.1) is 0 Å². The number of aliphatic carboxylic acids is 2. The summed E-state index contributed by atoms with van der Waals surface area (Å²) in [5, 5.41) is 14.8. The van der Waals surface area contributed by atoms with E-state index in [1.165, 1.54) is 30.5 Å². The Morgan fingerprint density at radius 2 is 1.48 bits per heavy atom. The third kappa shape index (κ3) is 9.62. The minimum absolute atomic E-state index is 1.07. The van der Waals surface area contributed by atoms with Crippen molar-refractivity contribution in [3.05, 3.63) is 35.4 Å². The van der Waals surface area contributed by atoms with Crippen LogP contribution in [0.2, 0.25) is 0 Å². The fourth-order valence-corrected chi connectivity index (χ4v) is 1.70. The molecule has 0 aliphatic heterocycles. The maximum atomic E-state index is 9.10. The van der Waals surface area contributed by atoms with Gasteiger partial charge in [0, 0.05) is 6.54 Å². The quantitative estimate of drug-likeness (QED) is 0.789. The average molecular weight is 295 g/mol. The van der Waals surface area contributed by atoms with Crippen LogP contribution in [0.5, 0.6) is 0 Å². The molecule has 0 unspecified atom stereocenters. The highest BCUT2D eigenvalue weighted by molar-refractivity contribution is 6.27. The van der Waals surface area contributed by atoms with Gasteiger partial charge in [-0.05, 0) is 37.6 Å². The van der Waals surface area contributed by atoms with Gasteiger partial charge in [0.2, 0.25) is 0 Å². The molecule has 1 rings (SSSR count). The fourth-order valence-electron chi connectivity index (χ4n) is 1.70. The zero-order valence-corrected chi connectivity index (χ0v) is 13.0. The minimum Gasteiger partial charge on any atom is -0.473 e. The van der Waals surface area contributed by atoms with Crippen LogP contribution >= 0.6 is 0 Å². The average Bonchev–Trinajstić information content (AvgIpc) is 2.46.